The molecule has 0 bridgehead atoms. The molecule has 0 radical (unpaired) electrons. The third-order valence-electron chi connectivity index (χ3n) is 2.63. The molecule has 5 heteroatoms. The fourth-order valence-electron chi connectivity index (χ4n) is 1.76. The molecule has 2 aromatic rings. The molecule has 1 fully saturated rings. The van der Waals surface area contributed by atoms with Crippen LogP contribution in [0.3, 0.4) is 0 Å². The summed E-state index contributed by atoms with van der Waals surface area (Å²) < 4.78 is 10.6. The van der Waals surface area contributed by atoms with Gasteiger partial charge in [-0.1, -0.05) is 36.4 Å². The summed E-state index contributed by atoms with van der Waals surface area (Å²) in [6.45, 7) is 0. The van der Waals surface area contributed by atoms with Crippen molar-refractivity contribution in [1.29, 1.82) is 0 Å². The molecule has 19 heavy (non-hydrogen) atoms. The molecule has 3 rings (SSSR count). The standard InChI is InChI=1S/C14H12N2O3/c17-14-16(11-7-3-1-4-8-11)15-13(19-14)18-12-9-5-2-6-10-12/h1-10,13,15H. The molecule has 0 aliphatic carbocycles. The van der Waals surface area contributed by atoms with Gasteiger partial charge >= 0.3 is 12.5 Å². The highest BCUT2D eigenvalue weighted by Gasteiger charge is 2.33. The molecule has 96 valence electrons. The second kappa shape index (κ2) is 4.99. The Kier molecular flexibility index (Phi) is 3.04. The highest BCUT2D eigenvalue weighted by Crippen LogP contribution is 2.19. The number of carbonyl (C=O) groups is 1. The fourth-order valence-corrected chi connectivity index (χ4v) is 1.76. The van der Waals surface area contributed by atoms with Gasteiger partial charge in [-0.3, -0.25) is 0 Å². The molecule has 0 spiro atoms. The Bertz CT molecular complexity index is 559. The number of ether oxygens (including phenoxy) is 2. The molecule has 1 unspecified atom stereocenters. The van der Waals surface area contributed by atoms with Crippen molar-refractivity contribution >= 4 is 11.8 Å². The van der Waals surface area contributed by atoms with Crippen molar-refractivity contribution in [3.05, 3.63) is 60.7 Å². The summed E-state index contributed by atoms with van der Waals surface area (Å²) in [5.41, 5.74) is 3.55. The van der Waals surface area contributed by atoms with E-state index < -0.39 is 12.5 Å². The van der Waals surface area contributed by atoms with Crippen molar-refractivity contribution in [3.63, 3.8) is 0 Å². The SMILES string of the molecule is O=C1OC(Oc2ccccc2)NN1c1ccccc1. The number of benzene rings is 2. The first-order chi connectivity index (χ1) is 9.33. The third kappa shape index (κ3) is 2.51. The molecule has 0 saturated carbocycles. The molecule has 1 saturated heterocycles. The van der Waals surface area contributed by atoms with E-state index in [1.54, 1.807) is 24.3 Å². The van der Waals surface area contributed by atoms with Crippen LogP contribution in [0.2, 0.25) is 0 Å². The number of hydrogen-bond donors (Lipinski definition) is 1. The van der Waals surface area contributed by atoms with E-state index in [9.17, 15) is 4.79 Å². The van der Waals surface area contributed by atoms with E-state index in [0.29, 0.717) is 11.4 Å². The van der Waals surface area contributed by atoms with Crippen LogP contribution < -0.4 is 15.2 Å². The molecule has 5 nitrogen and oxygen atoms in total. The first-order valence-electron chi connectivity index (χ1n) is 5.86. The number of hydrazine groups is 1. The minimum absolute atomic E-state index is 0.493. The lowest BCUT2D eigenvalue weighted by Gasteiger charge is -2.14. The highest BCUT2D eigenvalue weighted by molar-refractivity contribution is 5.88. The number of amides is 1. The molecule has 1 aliphatic heterocycles. The second-order valence-corrected chi connectivity index (χ2v) is 3.95. The van der Waals surface area contributed by atoms with Gasteiger partial charge in [-0.15, -0.1) is 0 Å². The van der Waals surface area contributed by atoms with E-state index in [0.717, 1.165) is 0 Å². The van der Waals surface area contributed by atoms with Crippen LogP contribution in [0.1, 0.15) is 0 Å². The number of cyclic esters (lactones) is 1. The Morgan fingerprint density at radius 3 is 2.32 bits per heavy atom. The Balaban J connectivity index is 1.70. The van der Waals surface area contributed by atoms with Crippen molar-refractivity contribution in [2.45, 2.75) is 6.41 Å². The molecule has 1 heterocycles. The number of nitrogens with one attached hydrogen (secondary N) is 1. The minimum atomic E-state index is -0.824. The van der Waals surface area contributed by atoms with Gasteiger partial charge in [0.05, 0.1) is 5.69 Å². The van der Waals surface area contributed by atoms with E-state index >= 15 is 0 Å². The molecular weight excluding hydrogens is 244 g/mol. The van der Waals surface area contributed by atoms with Gasteiger partial charge < -0.3 is 9.47 Å². The average Bonchev–Trinajstić information content (AvgIpc) is 2.82. The van der Waals surface area contributed by atoms with E-state index in [-0.39, 0.29) is 0 Å². The number of rotatable bonds is 3. The van der Waals surface area contributed by atoms with E-state index in [4.69, 9.17) is 9.47 Å². The maximum Gasteiger partial charge on any atom is 0.433 e. The van der Waals surface area contributed by atoms with Crippen LogP contribution in [-0.2, 0) is 4.74 Å². The maximum atomic E-state index is 11.7. The first-order valence-corrected chi connectivity index (χ1v) is 5.86. The monoisotopic (exact) mass is 256 g/mol. The largest absolute Gasteiger partial charge is 0.440 e. The van der Waals surface area contributed by atoms with Gasteiger partial charge in [0.1, 0.15) is 5.75 Å². The number of carbonyl (C=O) groups excluding carboxylic acids is 1. The van der Waals surface area contributed by atoms with E-state index in [1.807, 2.05) is 36.4 Å². The molecule has 1 atom stereocenters. The second-order valence-electron chi connectivity index (χ2n) is 3.95. The van der Waals surface area contributed by atoms with Crippen molar-refractivity contribution in [3.8, 4) is 5.75 Å². The number of hydrogen-bond acceptors (Lipinski definition) is 4. The van der Waals surface area contributed by atoms with Crippen LogP contribution in [0, 0.1) is 0 Å². The Morgan fingerprint density at radius 2 is 1.63 bits per heavy atom. The maximum absolute atomic E-state index is 11.7. The van der Waals surface area contributed by atoms with E-state index in [1.165, 1.54) is 5.01 Å². The normalized spacial score (nSPS) is 18.2. The van der Waals surface area contributed by atoms with Crippen LogP contribution in [-0.4, -0.2) is 12.5 Å². The number of nitrogens with zero attached hydrogens (tertiary/aromatic N) is 1. The van der Waals surface area contributed by atoms with Crippen molar-refractivity contribution in [2.75, 3.05) is 5.01 Å². The lowest BCUT2D eigenvalue weighted by Crippen LogP contribution is -2.39. The van der Waals surface area contributed by atoms with Gasteiger partial charge in [-0.25, -0.2) is 9.80 Å². The Hall–Kier alpha value is -2.53. The Labute approximate surface area is 110 Å². The zero-order chi connectivity index (χ0) is 13.1. The molecule has 0 aromatic heterocycles. The van der Waals surface area contributed by atoms with Gasteiger partial charge in [-0.2, -0.15) is 5.43 Å². The molecule has 1 aliphatic rings. The van der Waals surface area contributed by atoms with Crippen LogP contribution >= 0.6 is 0 Å². The number of anilines is 1. The number of para-hydroxylation sites is 2. The topological polar surface area (TPSA) is 50.8 Å². The van der Waals surface area contributed by atoms with Crippen LogP contribution in [0.5, 0.6) is 5.75 Å². The van der Waals surface area contributed by atoms with Crippen LogP contribution in [0.15, 0.2) is 60.7 Å². The summed E-state index contributed by atoms with van der Waals surface area (Å²) in [5, 5.41) is 1.31. The van der Waals surface area contributed by atoms with Gasteiger partial charge in [-0.05, 0) is 24.3 Å². The minimum Gasteiger partial charge on any atom is -0.440 e. The molecular formula is C14H12N2O3. The fraction of sp³-hybridized carbons (Fsp3) is 0.0714. The smallest absolute Gasteiger partial charge is 0.433 e. The van der Waals surface area contributed by atoms with Gasteiger partial charge in [0.2, 0.25) is 0 Å². The lowest BCUT2D eigenvalue weighted by molar-refractivity contribution is -0.0187. The van der Waals surface area contributed by atoms with Crippen molar-refractivity contribution in [1.82, 2.24) is 5.43 Å². The first kappa shape index (κ1) is 11.6. The Morgan fingerprint density at radius 1 is 1.00 bits per heavy atom. The van der Waals surface area contributed by atoms with Crippen molar-refractivity contribution in [2.24, 2.45) is 0 Å². The van der Waals surface area contributed by atoms with E-state index in [2.05, 4.69) is 5.43 Å². The van der Waals surface area contributed by atoms with Crippen LogP contribution in [0.25, 0.3) is 0 Å². The average molecular weight is 256 g/mol. The van der Waals surface area contributed by atoms with Crippen molar-refractivity contribution < 1.29 is 14.3 Å². The summed E-state index contributed by atoms with van der Waals surface area (Å²) >= 11 is 0. The quantitative estimate of drug-likeness (QED) is 0.916. The highest BCUT2D eigenvalue weighted by atomic mass is 16.7. The summed E-state index contributed by atoms with van der Waals surface area (Å²) in [6.07, 6.45) is -1.32. The zero-order valence-electron chi connectivity index (χ0n) is 10.0. The summed E-state index contributed by atoms with van der Waals surface area (Å²) in [6, 6.07) is 18.3. The zero-order valence-corrected chi connectivity index (χ0v) is 10.0. The van der Waals surface area contributed by atoms with Gasteiger partial charge in [0.25, 0.3) is 0 Å². The molecule has 1 amide bonds. The molecule has 1 N–H and O–H groups in total. The summed E-state index contributed by atoms with van der Waals surface area (Å²) in [5.74, 6) is 0.628. The predicted molar refractivity (Wildman–Crippen MR) is 69.4 cm³/mol. The summed E-state index contributed by atoms with van der Waals surface area (Å²) in [4.78, 5) is 11.7. The van der Waals surface area contributed by atoms with Crippen LogP contribution in [0.4, 0.5) is 10.5 Å². The lowest BCUT2D eigenvalue weighted by atomic mass is 10.3. The van der Waals surface area contributed by atoms with Gasteiger partial charge in [0.15, 0.2) is 0 Å². The predicted octanol–water partition coefficient (Wildman–Crippen LogP) is 2.51. The summed E-state index contributed by atoms with van der Waals surface area (Å²) in [7, 11) is 0. The van der Waals surface area contributed by atoms with Gasteiger partial charge in [0, 0.05) is 0 Å². The molecule has 2 aromatic carbocycles. The third-order valence-corrected chi connectivity index (χ3v) is 2.63.